The first kappa shape index (κ1) is 24.8. The molecule has 0 atom stereocenters. The topological polar surface area (TPSA) is 96.7 Å². The van der Waals surface area contributed by atoms with Crippen molar-refractivity contribution in [2.24, 2.45) is 0 Å². The number of fused-ring (bicyclic) bond motifs is 3. The molecule has 0 saturated carbocycles. The summed E-state index contributed by atoms with van der Waals surface area (Å²) in [5, 5.41) is 8.61. The van der Waals surface area contributed by atoms with Gasteiger partial charge in [0.2, 0.25) is 15.9 Å². The Labute approximate surface area is 206 Å². The van der Waals surface area contributed by atoms with E-state index in [4.69, 9.17) is 4.98 Å². The van der Waals surface area contributed by atoms with E-state index in [0.717, 1.165) is 39.1 Å². The number of sulfonamides is 1. The molecule has 0 spiro atoms. The smallest absolute Gasteiger partial charge is 0.243 e. The first-order valence-electron chi connectivity index (χ1n) is 11.7. The number of aryl methyl sites for hydroxylation is 2. The minimum atomic E-state index is -3.53. The summed E-state index contributed by atoms with van der Waals surface area (Å²) in [4.78, 5) is 17.6. The summed E-state index contributed by atoms with van der Waals surface area (Å²) in [5.74, 6) is -0.0780. The zero-order valence-corrected chi connectivity index (χ0v) is 21.6. The van der Waals surface area contributed by atoms with E-state index in [9.17, 15) is 13.2 Å². The molecule has 184 valence electrons. The molecule has 0 radical (unpaired) electrons. The number of aromatic nitrogens is 3. The van der Waals surface area contributed by atoms with Crippen LogP contribution in [0.25, 0.3) is 16.6 Å². The van der Waals surface area contributed by atoms with Crippen LogP contribution in [0.1, 0.15) is 42.8 Å². The Balaban J connectivity index is 1.40. The van der Waals surface area contributed by atoms with Crippen molar-refractivity contribution in [1.29, 1.82) is 0 Å². The highest BCUT2D eigenvalue weighted by molar-refractivity contribution is 7.89. The average Bonchev–Trinajstić information content (AvgIpc) is 3.21. The van der Waals surface area contributed by atoms with Gasteiger partial charge in [0.05, 0.1) is 10.4 Å². The first-order valence-corrected chi connectivity index (χ1v) is 13.1. The number of nitrogens with zero attached hydrogens (tertiary/aromatic N) is 4. The molecule has 0 aliphatic carbocycles. The molecule has 1 N–H and O–H groups in total. The van der Waals surface area contributed by atoms with Crippen LogP contribution in [0.2, 0.25) is 0 Å². The van der Waals surface area contributed by atoms with Crippen LogP contribution in [0.15, 0.2) is 53.4 Å². The summed E-state index contributed by atoms with van der Waals surface area (Å²) >= 11 is 0. The molecule has 9 heteroatoms. The van der Waals surface area contributed by atoms with E-state index in [0.29, 0.717) is 19.4 Å². The molecule has 0 aliphatic heterocycles. The first-order chi connectivity index (χ1) is 16.6. The molecule has 0 aliphatic rings. The third-order valence-electron chi connectivity index (χ3n) is 6.44. The van der Waals surface area contributed by atoms with Crippen molar-refractivity contribution < 1.29 is 13.2 Å². The van der Waals surface area contributed by atoms with Gasteiger partial charge >= 0.3 is 0 Å². The Morgan fingerprint density at radius 1 is 1.09 bits per heavy atom. The standard InChI is InChI=1S/C26H31N5O3S/c1-17(2)30(5)35(33,34)21-12-10-20(11-13-21)16-27-25(32)15-14-22-18(3)28-26-23-8-6-7-9-24(23)29-31(26)19(22)4/h6-13,17H,14-16H2,1-5H3,(H,27,32). The lowest BCUT2D eigenvalue weighted by molar-refractivity contribution is -0.121. The second-order valence-electron chi connectivity index (χ2n) is 9.05. The molecule has 1 amide bonds. The van der Waals surface area contributed by atoms with Crippen LogP contribution in [0.4, 0.5) is 0 Å². The monoisotopic (exact) mass is 493 g/mol. The molecule has 0 unspecified atom stereocenters. The highest BCUT2D eigenvalue weighted by atomic mass is 32.2. The maximum atomic E-state index is 12.6. The molecule has 0 bridgehead atoms. The van der Waals surface area contributed by atoms with Gasteiger partial charge in [0.1, 0.15) is 0 Å². The van der Waals surface area contributed by atoms with Crippen LogP contribution in [0.5, 0.6) is 0 Å². The number of hydrogen-bond acceptors (Lipinski definition) is 5. The second kappa shape index (κ2) is 9.75. The van der Waals surface area contributed by atoms with Crippen LogP contribution in [0, 0.1) is 13.8 Å². The maximum absolute atomic E-state index is 12.6. The number of nitrogens with one attached hydrogen (secondary N) is 1. The fraction of sp³-hybridized carbons (Fsp3) is 0.346. The van der Waals surface area contributed by atoms with Crippen LogP contribution in [-0.2, 0) is 27.8 Å². The van der Waals surface area contributed by atoms with Gasteiger partial charge in [0.15, 0.2) is 5.65 Å². The fourth-order valence-electron chi connectivity index (χ4n) is 4.09. The molecule has 4 rings (SSSR count). The van der Waals surface area contributed by atoms with Gasteiger partial charge in [-0.3, -0.25) is 4.79 Å². The molecular formula is C26H31N5O3S. The Hall–Kier alpha value is -3.30. The van der Waals surface area contributed by atoms with Crippen LogP contribution in [-0.4, -0.2) is 46.3 Å². The lowest BCUT2D eigenvalue weighted by Gasteiger charge is -2.21. The lowest BCUT2D eigenvalue weighted by atomic mass is 10.1. The Morgan fingerprint density at radius 2 is 1.77 bits per heavy atom. The summed E-state index contributed by atoms with van der Waals surface area (Å²) in [6.45, 7) is 7.96. The zero-order chi connectivity index (χ0) is 25.3. The van der Waals surface area contributed by atoms with Gasteiger partial charge in [-0.25, -0.2) is 17.9 Å². The normalized spacial score (nSPS) is 12.2. The molecule has 4 aromatic rings. The summed E-state index contributed by atoms with van der Waals surface area (Å²) in [7, 11) is -1.96. The number of rotatable bonds is 8. The van der Waals surface area contributed by atoms with Crippen molar-refractivity contribution >= 4 is 32.5 Å². The highest BCUT2D eigenvalue weighted by Crippen LogP contribution is 2.23. The Morgan fingerprint density at radius 3 is 2.46 bits per heavy atom. The molecule has 2 heterocycles. The van der Waals surface area contributed by atoms with Gasteiger partial charge < -0.3 is 5.32 Å². The van der Waals surface area contributed by atoms with Gasteiger partial charge in [-0.1, -0.05) is 24.3 Å². The van der Waals surface area contributed by atoms with Crippen LogP contribution in [0.3, 0.4) is 0 Å². The van der Waals surface area contributed by atoms with Crippen LogP contribution >= 0.6 is 0 Å². The SMILES string of the molecule is Cc1nc2c3ccccc3nn2c(C)c1CCC(=O)NCc1ccc(S(=O)(=O)N(C)C(C)C)cc1. The molecule has 2 aromatic carbocycles. The molecular weight excluding hydrogens is 462 g/mol. The van der Waals surface area contributed by atoms with Gasteiger partial charge in [-0.2, -0.15) is 9.40 Å². The van der Waals surface area contributed by atoms with Crippen molar-refractivity contribution in [3.05, 3.63) is 71.0 Å². The van der Waals surface area contributed by atoms with Gasteiger partial charge in [-0.15, -0.1) is 0 Å². The minimum absolute atomic E-state index is 0.0780. The van der Waals surface area contributed by atoms with Crippen molar-refractivity contribution in [3.63, 3.8) is 0 Å². The largest absolute Gasteiger partial charge is 0.352 e. The van der Waals surface area contributed by atoms with E-state index < -0.39 is 10.0 Å². The molecule has 35 heavy (non-hydrogen) atoms. The zero-order valence-electron chi connectivity index (χ0n) is 20.7. The summed E-state index contributed by atoms with van der Waals surface area (Å²) in [6.07, 6.45) is 0.878. The molecule has 8 nitrogen and oxygen atoms in total. The van der Waals surface area contributed by atoms with Crippen molar-refractivity contribution in [2.45, 2.75) is 58.0 Å². The third-order valence-corrected chi connectivity index (χ3v) is 8.49. The van der Waals surface area contributed by atoms with Crippen LogP contribution < -0.4 is 5.32 Å². The predicted molar refractivity (Wildman–Crippen MR) is 137 cm³/mol. The average molecular weight is 494 g/mol. The van der Waals surface area contributed by atoms with E-state index in [2.05, 4.69) is 10.4 Å². The van der Waals surface area contributed by atoms with Gasteiger partial charge in [0, 0.05) is 42.8 Å². The summed E-state index contributed by atoms with van der Waals surface area (Å²) < 4.78 is 28.4. The third kappa shape index (κ3) is 4.92. The minimum Gasteiger partial charge on any atom is -0.352 e. The van der Waals surface area contributed by atoms with Gasteiger partial charge in [-0.05, 0) is 69.5 Å². The maximum Gasteiger partial charge on any atom is 0.243 e. The van der Waals surface area contributed by atoms with E-state index in [1.54, 1.807) is 31.3 Å². The quantitative estimate of drug-likeness (QED) is 0.403. The molecule has 2 aromatic heterocycles. The number of hydrogen-bond donors (Lipinski definition) is 1. The Bertz CT molecular complexity index is 1490. The van der Waals surface area contributed by atoms with Gasteiger partial charge in [0.25, 0.3) is 0 Å². The summed E-state index contributed by atoms with van der Waals surface area (Å²) in [6, 6.07) is 14.4. The predicted octanol–water partition coefficient (Wildman–Crippen LogP) is 3.78. The Kier molecular flexibility index (Phi) is 6.91. The van der Waals surface area contributed by atoms with E-state index in [1.807, 2.05) is 56.5 Å². The number of carbonyl (C=O) groups is 1. The lowest BCUT2D eigenvalue weighted by Crippen LogP contribution is -2.33. The van der Waals surface area contributed by atoms with E-state index in [1.165, 1.54) is 4.31 Å². The van der Waals surface area contributed by atoms with Crippen molar-refractivity contribution in [1.82, 2.24) is 24.2 Å². The van der Waals surface area contributed by atoms with E-state index >= 15 is 0 Å². The van der Waals surface area contributed by atoms with E-state index in [-0.39, 0.29) is 16.8 Å². The fourth-order valence-corrected chi connectivity index (χ4v) is 5.46. The second-order valence-corrected chi connectivity index (χ2v) is 11.0. The summed E-state index contributed by atoms with van der Waals surface area (Å²) in [5.41, 5.74) is 5.46. The number of amides is 1. The molecule has 0 fully saturated rings. The number of carbonyl (C=O) groups excluding carboxylic acids is 1. The van der Waals surface area contributed by atoms with Crippen molar-refractivity contribution in [3.8, 4) is 0 Å². The van der Waals surface area contributed by atoms with Crippen molar-refractivity contribution in [2.75, 3.05) is 7.05 Å². The number of benzene rings is 2. The molecule has 0 saturated heterocycles. The highest BCUT2D eigenvalue weighted by Gasteiger charge is 2.22.